The molecule has 4 heteroatoms. The van der Waals surface area contributed by atoms with Gasteiger partial charge in [0.15, 0.2) is 0 Å². The van der Waals surface area contributed by atoms with Crippen LogP contribution in [0.1, 0.15) is 12.5 Å². The molecule has 0 saturated carbocycles. The van der Waals surface area contributed by atoms with Gasteiger partial charge in [-0.3, -0.25) is 9.63 Å². The molecule has 0 bridgehead atoms. The third-order valence-electron chi connectivity index (χ3n) is 2.42. The minimum Gasteiger partial charge on any atom is -0.272 e. The van der Waals surface area contributed by atoms with Gasteiger partial charge in [-0.1, -0.05) is 36.7 Å². The molecule has 0 aliphatic carbocycles. The first kappa shape index (κ1) is 10.5. The van der Waals surface area contributed by atoms with E-state index in [-0.39, 0.29) is 11.8 Å². The summed E-state index contributed by atoms with van der Waals surface area (Å²) in [6, 6.07) is 7.45. The molecule has 15 heavy (non-hydrogen) atoms. The van der Waals surface area contributed by atoms with Crippen molar-refractivity contribution in [3.05, 3.63) is 34.9 Å². The fraction of sp³-hybridized carbons (Fsp3) is 0.364. The van der Waals surface area contributed by atoms with Crippen LogP contribution in [0.3, 0.4) is 0 Å². The Kier molecular flexibility index (Phi) is 2.93. The van der Waals surface area contributed by atoms with E-state index in [0.29, 0.717) is 18.2 Å². The first-order chi connectivity index (χ1) is 7.18. The molecule has 1 heterocycles. The quantitative estimate of drug-likeness (QED) is 0.773. The molecule has 2 rings (SSSR count). The van der Waals surface area contributed by atoms with Crippen LogP contribution >= 0.6 is 11.6 Å². The number of hydroxylamine groups is 2. The number of hydrogen-bond donors (Lipinski definition) is 0. The second kappa shape index (κ2) is 4.21. The van der Waals surface area contributed by atoms with Crippen LogP contribution in [0.4, 0.5) is 0 Å². The van der Waals surface area contributed by atoms with Crippen LogP contribution in [0, 0.1) is 5.92 Å². The summed E-state index contributed by atoms with van der Waals surface area (Å²) in [5.74, 6) is -0.0255. The summed E-state index contributed by atoms with van der Waals surface area (Å²) < 4.78 is 0. The number of carbonyl (C=O) groups is 1. The number of nitrogens with zero attached hydrogens (tertiary/aromatic N) is 1. The molecule has 1 aromatic rings. The van der Waals surface area contributed by atoms with Gasteiger partial charge in [-0.15, -0.1) is 0 Å². The average molecular weight is 226 g/mol. The monoisotopic (exact) mass is 225 g/mol. The Bertz CT molecular complexity index is 381. The van der Waals surface area contributed by atoms with Crippen molar-refractivity contribution in [2.45, 2.75) is 13.5 Å². The van der Waals surface area contributed by atoms with Crippen molar-refractivity contribution in [3.63, 3.8) is 0 Å². The second-order valence-corrected chi connectivity index (χ2v) is 4.07. The van der Waals surface area contributed by atoms with Crippen LogP contribution in [0.15, 0.2) is 24.3 Å². The number of rotatable bonds is 2. The van der Waals surface area contributed by atoms with Gasteiger partial charge in [0.25, 0.3) is 5.91 Å². The molecule has 0 spiro atoms. The molecule has 3 nitrogen and oxygen atoms in total. The SMILES string of the molecule is CC1CON(Cc2ccccc2Cl)C1=O. The van der Waals surface area contributed by atoms with Gasteiger partial charge in [-0.2, -0.15) is 0 Å². The third-order valence-corrected chi connectivity index (χ3v) is 2.79. The van der Waals surface area contributed by atoms with Gasteiger partial charge in [0.1, 0.15) is 0 Å². The van der Waals surface area contributed by atoms with Gasteiger partial charge in [-0.05, 0) is 11.6 Å². The van der Waals surface area contributed by atoms with E-state index in [1.165, 1.54) is 5.06 Å². The Hall–Kier alpha value is -1.06. The Labute approximate surface area is 93.5 Å². The van der Waals surface area contributed by atoms with Crippen LogP contribution in [0.5, 0.6) is 0 Å². The van der Waals surface area contributed by atoms with E-state index in [4.69, 9.17) is 16.4 Å². The molecule has 80 valence electrons. The summed E-state index contributed by atoms with van der Waals surface area (Å²) in [6.45, 7) is 2.74. The highest BCUT2D eigenvalue weighted by Gasteiger charge is 2.29. The van der Waals surface area contributed by atoms with Crippen molar-refractivity contribution >= 4 is 17.5 Å². The second-order valence-electron chi connectivity index (χ2n) is 3.66. The fourth-order valence-corrected chi connectivity index (χ4v) is 1.68. The van der Waals surface area contributed by atoms with E-state index in [2.05, 4.69) is 0 Å². The van der Waals surface area contributed by atoms with E-state index < -0.39 is 0 Å². The predicted molar refractivity (Wildman–Crippen MR) is 57.1 cm³/mol. The van der Waals surface area contributed by atoms with Gasteiger partial charge in [0, 0.05) is 5.02 Å². The topological polar surface area (TPSA) is 29.5 Å². The maximum absolute atomic E-state index is 11.6. The largest absolute Gasteiger partial charge is 0.272 e. The lowest BCUT2D eigenvalue weighted by Gasteiger charge is -2.14. The molecule has 1 unspecified atom stereocenters. The fourth-order valence-electron chi connectivity index (χ4n) is 1.49. The Balaban J connectivity index is 2.10. The van der Waals surface area contributed by atoms with E-state index in [0.717, 1.165) is 5.56 Å². The zero-order valence-corrected chi connectivity index (χ0v) is 9.20. The zero-order chi connectivity index (χ0) is 10.8. The lowest BCUT2D eigenvalue weighted by atomic mass is 10.2. The van der Waals surface area contributed by atoms with Crippen molar-refractivity contribution in [3.8, 4) is 0 Å². The molecule has 0 aromatic heterocycles. The lowest BCUT2D eigenvalue weighted by molar-refractivity contribution is -0.164. The molecule has 1 aromatic carbocycles. The molecule has 1 saturated heterocycles. The summed E-state index contributed by atoms with van der Waals surface area (Å²) in [5.41, 5.74) is 0.904. The zero-order valence-electron chi connectivity index (χ0n) is 8.44. The van der Waals surface area contributed by atoms with Crippen LogP contribution in [-0.2, 0) is 16.2 Å². The third kappa shape index (κ3) is 2.13. The molecule has 1 fully saturated rings. The van der Waals surface area contributed by atoms with Crippen LogP contribution in [-0.4, -0.2) is 17.6 Å². The molecule has 0 N–H and O–H groups in total. The van der Waals surface area contributed by atoms with Crippen molar-refractivity contribution in [2.75, 3.05) is 6.61 Å². The van der Waals surface area contributed by atoms with Gasteiger partial charge in [0.2, 0.25) is 0 Å². The maximum Gasteiger partial charge on any atom is 0.251 e. The van der Waals surface area contributed by atoms with Gasteiger partial charge in [0.05, 0.1) is 19.1 Å². The number of carbonyl (C=O) groups excluding carboxylic acids is 1. The highest BCUT2D eigenvalue weighted by molar-refractivity contribution is 6.31. The maximum atomic E-state index is 11.6. The smallest absolute Gasteiger partial charge is 0.251 e. The summed E-state index contributed by atoms with van der Waals surface area (Å²) in [4.78, 5) is 16.8. The summed E-state index contributed by atoms with van der Waals surface area (Å²) in [5, 5.41) is 2.04. The Morgan fingerprint density at radius 3 is 2.87 bits per heavy atom. The molecule has 1 aliphatic heterocycles. The normalized spacial score (nSPS) is 21.1. The van der Waals surface area contributed by atoms with Crippen molar-refractivity contribution in [1.29, 1.82) is 0 Å². The molecule has 1 atom stereocenters. The van der Waals surface area contributed by atoms with Crippen molar-refractivity contribution in [1.82, 2.24) is 5.06 Å². The number of amides is 1. The number of benzene rings is 1. The lowest BCUT2D eigenvalue weighted by Crippen LogP contribution is -2.25. The molecular formula is C11H12ClNO2. The van der Waals surface area contributed by atoms with E-state index in [1.807, 2.05) is 25.1 Å². The molecule has 0 radical (unpaired) electrons. The van der Waals surface area contributed by atoms with E-state index >= 15 is 0 Å². The summed E-state index contributed by atoms with van der Waals surface area (Å²) >= 11 is 5.99. The standard InChI is InChI=1S/C11H12ClNO2/c1-8-7-15-13(11(8)14)6-9-4-2-3-5-10(9)12/h2-5,8H,6-7H2,1H3. The first-order valence-corrected chi connectivity index (χ1v) is 5.24. The Morgan fingerprint density at radius 1 is 1.53 bits per heavy atom. The van der Waals surface area contributed by atoms with E-state index in [1.54, 1.807) is 6.07 Å². The molecule has 1 aliphatic rings. The number of hydrogen-bond acceptors (Lipinski definition) is 2. The highest BCUT2D eigenvalue weighted by atomic mass is 35.5. The predicted octanol–water partition coefficient (Wildman–Crippen LogP) is 2.25. The first-order valence-electron chi connectivity index (χ1n) is 4.86. The van der Waals surface area contributed by atoms with Crippen LogP contribution < -0.4 is 0 Å². The van der Waals surface area contributed by atoms with Gasteiger partial charge < -0.3 is 0 Å². The summed E-state index contributed by atoms with van der Waals surface area (Å²) in [7, 11) is 0. The van der Waals surface area contributed by atoms with Gasteiger partial charge in [-0.25, -0.2) is 5.06 Å². The highest BCUT2D eigenvalue weighted by Crippen LogP contribution is 2.21. The molecular weight excluding hydrogens is 214 g/mol. The van der Waals surface area contributed by atoms with Crippen molar-refractivity contribution in [2.24, 2.45) is 5.92 Å². The van der Waals surface area contributed by atoms with Crippen molar-refractivity contribution < 1.29 is 9.63 Å². The number of halogens is 1. The minimum atomic E-state index is -0.0486. The van der Waals surface area contributed by atoms with E-state index in [9.17, 15) is 4.79 Å². The molecule has 1 amide bonds. The average Bonchev–Trinajstić information content (AvgIpc) is 2.53. The van der Waals surface area contributed by atoms with Crippen LogP contribution in [0.2, 0.25) is 5.02 Å². The Morgan fingerprint density at radius 2 is 2.27 bits per heavy atom. The van der Waals surface area contributed by atoms with Crippen LogP contribution in [0.25, 0.3) is 0 Å². The van der Waals surface area contributed by atoms with Gasteiger partial charge >= 0.3 is 0 Å². The minimum absolute atomic E-state index is 0.0231. The summed E-state index contributed by atoms with van der Waals surface area (Å²) in [6.07, 6.45) is 0.